The number of nitrogens with one attached hydrogen (secondary N) is 1. The first-order valence-corrected chi connectivity index (χ1v) is 9.10. The maximum Gasteiger partial charge on any atom is 0.230 e. The van der Waals surface area contributed by atoms with Gasteiger partial charge in [0.2, 0.25) is 5.91 Å². The summed E-state index contributed by atoms with van der Waals surface area (Å²) in [6.45, 7) is 6.39. The predicted molar refractivity (Wildman–Crippen MR) is 95.3 cm³/mol. The highest BCUT2D eigenvalue weighted by Gasteiger charge is 2.12. The standard InChI is InChI=1S/C17H27N3O2S/c1-19-10-12-20(13-11-19)9-3-8-18-17(21)14-23-16-6-4-15(22-2)5-7-16/h4-7H,3,8-14H2,1-2H3,(H,18,21). The van der Waals surface area contributed by atoms with Gasteiger partial charge in [-0.2, -0.15) is 0 Å². The Morgan fingerprint density at radius 2 is 1.91 bits per heavy atom. The number of nitrogens with zero attached hydrogens (tertiary/aromatic N) is 2. The van der Waals surface area contributed by atoms with Gasteiger partial charge in [-0.25, -0.2) is 0 Å². The number of ether oxygens (including phenoxy) is 1. The highest BCUT2D eigenvalue weighted by atomic mass is 32.2. The first-order chi connectivity index (χ1) is 11.2. The van der Waals surface area contributed by atoms with Crippen LogP contribution in [0.5, 0.6) is 5.75 Å². The molecule has 1 saturated heterocycles. The molecule has 1 aromatic carbocycles. The molecule has 0 spiro atoms. The maximum atomic E-state index is 11.9. The van der Waals surface area contributed by atoms with Crippen LogP contribution in [0.4, 0.5) is 0 Å². The second-order valence-electron chi connectivity index (χ2n) is 5.81. The molecular weight excluding hydrogens is 310 g/mol. The Balaban J connectivity index is 1.54. The van der Waals surface area contributed by atoms with Gasteiger partial charge in [-0.1, -0.05) is 0 Å². The van der Waals surface area contributed by atoms with E-state index < -0.39 is 0 Å². The third-order valence-corrected chi connectivity index (χ3v) is 5.01. The average Bonchev–Trinajstić information content (AvgIpc) is 2.59. The molecule has 128 valence electrons. The van der Waals surface area contributed by atoms with E-state index in [0.29, 0.717) is 5.75 Å². The van der Waals surface area contributed by atoms with Gasteiger partial charge in [-0.3, -0.25) is 4.79 Å². The second-order valence-corrected chi connectivity index (χ2v) is 6.86. The lowest BCUT2D eigenvalue weighted by Gasteiger charge is -2.32. The molecule has 6 heteroatoms. The number of hydrogen-bond donors (Lipinski definition) is 1. The van der Waals surface area contributed by atoms with Crippen LogP contribution in [-0.4, -0.2) is 74.9 Å². The van der Waals surface area contributed by atoms with E-state index in [4.69, 9.17) is 4.74 Å². The third-order valence-electron chi connectivity index (χ3n) is 4.00. The van der Waals surface area contributed by atoms with Crippen molar-refractivity contribution >= 4 is 17.7 Å². The van der Waals surface area contributed by atoms with Crippen LogP contribution in [0.3, 0.4) is 0 Å². The zero-order chi connectivity index (χ0) is 16.5. The summed E-state index contributed by atoms with van der Waals surface area (Å²) in [5.74, 6) is 1.40. The average molecular weight is 337 g/mol. The van der Waals surface area contributed by atoms with Crippen LogP contribution >= 0.6 is 11.8 Å². The van der Waals surface area contributed by atoms with Crippen LogP contribution < -0.4 is 10.1 Å². The van der Waals surface area contributed by atoms with Gasteiger partial charge in [0.1, 0.15) is 5.75 Å². The summed E-state index contributed by atoms with van der Waals surface area (Å²) in [5, 5.41) is 3.00. The molecule has 1 heterocycles. The van der Waals surface area contributed by atoms with Gasteiger partial charge in [-0.15, -0.1) is 11.8 Å². The van der Waals surface area contributed by atoms with E-state index in [0.717, 1.165) is 56.3 Å². The number of piperazine rings is 1. The van der Waals surface area contributed by atoms with Crippen LogP contribution in [0.1, 0.15) is 6.42 Å². The van der Waals surface area contributed by atoms with Gasteiger partial charge in [0, 0.05) is 37.6 Å². The van der Waals surface area contributed by atoms with E-state index in [1.165, 1.54) is 0 Å². The van der Waals surface area contributed by atoms with Crippen LogP contribution in [0.2, 0.25) is 0 Å². The van der Waals surface area contributed by atoms with Crippen LogP contribution in [0.25, 0.3) is 0 Å². The fourth-order valence-corrected chi connectivity index (χ4v) is 3.20. The van der Waals surface area contributed by atoms with E-state index in [2.05, 4.69) is 22.2 Å². The number of methoxy groups -OCH3 is 1. The fourth-order valence-electron chi connectivity index (χ4n) is 2.47. The van der Waals surface area contributed by atoms with Crippen molar-refractivity contribution in [3.8, 4) is 5.75 Å². The third kappa shape index (κ3) is 6.81. The molecule has 1 aromatic rings. The number of rotatable bonds is 8. The number of amides is 1. The summed E-state index contributed by atoms with van der Waals surface area (Å²) in [5.41, 5.74) is 0. The van der Waals surface area contributed by atoms with Gasteiger partial charge < -0.3 is 19.9 Å². The Morgan fingerprint density at radius 3 is 2.57 bits per heavy atom. The predicted octanol–water partition coefficient (Wildman–Crippen LogP) is 1.54. The number of hydrogen-bond acceptors (Lipinski definition) is 5. The molecule has 0 radical (unpaired) electrons. The molecule has 1 aliphatic rings. The zero-order valence-electron chi connectivity index (χ0n) is 14.1. The minimum Gasteiger partial charge on any atom is -0.497 e. The summed E-state index contributed by atoms with van der Waals surface area (Å²) in [7, 11) is 3.82. The van der Waals surface area contributed by atoms with E-state index in [9.17, 15) is 4.79 Å². The van der Waals surface area contributed by atoms with Crippen LogP contribution in [-0.2, 0) is 4.79 Å². The molecular formula is C17H27N3O2S. The first-order valence-electron chi connectivity index (χ1n) is 8.12. The molecule has 0 aliphatic carbocycles. The van der Waals surface area contributed by atoms with Crippen molar-refractivity contribution in [1.82, 2.24) is 15.1 Å². The quantitative estimate of drug-likeness (QED) is 0.576. The fraction of sp³-hybridized carbons (Fsp3) is 0.588. The molecule has 23 heavy (non-hydrogen) atoms. The summed E-state index contributed by atoms with van der Waals surface area (Å²) < 4.78 is 5.12. The Hall–Kier alpha value is -1.24. The van der Waals surface area contributed by atoms with Crippen molar-refractivity contribution in [2.75, 3.05) is 59.2 Å². The van der Waals surface area contributed by atoms with E-state index in [-0.39, 0.29) is 5.91 Å². The van der Waals surface area contributed by atoms with Crippen molar-refractivity contribution in [2.45, 2.75) is 11.3 Å². The van der Waals surface area contributed by atoms with Gasteiger partial charge in [0.15, 0.2) is 0 Å². The first kappa shape index (κ1) is 18.1. The largest absolute Gasteiger partial charge is 0.497 e. The van der Waals surface area contributed by atoms with Crippen molar-refractivity contribution < 1.29 is 9.53 Å². The highest BCUT2D eigenvalue weighted by Crippen LogP contribution is 2.20. The molecule has 1 fully saturated rings. The Bertz CT molecular complexity index is 473. The normalized spacial score (nSPS) is 16.3. The highest BCUT2D eigenvalue weighted by molar-refractivity contribution is 8.00. The summed E-state index contributed by atoms with van der Waals surface area (Å²) in [6, 6.07) is 7.78. The Morgan fingerprint density at radius 1 is 1.22 bits per heavy atom. The molecule has 2 rings (SSSR count). The van der Waals surface area contributed by atoms with Crippen LogP contribution in [0, 0.1) is 0 Å². The smallest absolute Gasteiger partial charge is 0.230 e. The van der Waals surface area contributed by atoms with Gasteiger partial charge >= 0.3 is 0 Å². The topological polar surface area (TPSA) is 44.8 Å². The van der Waals surface area contributed by atoms with Crippen molar-refractivity contribution in [2.24, 2.45) is 0 Å². The molecule has 1 N–H and O–H groups in total. The van der Waals surface area contributed by atoms with Crippen molar-refractivity contribution in [1.29, 1.82) is 0 Å². The second kappa shape index (κ2) is 9.80. The molecule has 0 aromatic heterocycles. The number of carbonyl (C=O) groups is 1. The molecule has 0 unspecified atom stereocenters. The Labute approximate surface area is 143 Å². The minimum absolute atomic E-state index is 0.101. The Kier molecular flexibility index (Phi) is 7.71. The van der Waals surface area contributed by atoms with E-state index in [1.54, 1.807) is 18.9 Å². The molecule has 0 atom stereocenters. The van der Waals surface area contributed by atoms with E-state index in [1.807, 2.05) is 24.3 Å². The molecule has 1 aliphatic heterocycles. The molecule has 0 bridgehead atoms. The number of carbonyl (C=O) groups excluding carboxylic acids is 1. The SMILES string of the molecule is COc1ccc(SCC(=O)NCCCN2CCN(C)CC2)cc1. The van der Waals surface area contributed by atoms with E-state index >= 15 is 0 Å². The number of likely N-dealkylation sites (N-methyl/N-ethyl adjacent to an activating group) is 1. The number of thioether (sulfide) groups is 1. The van der Waals surface area contributed by atoms with Crippen LogP contribution in [0.15, 0.2) is 29.2 Å². The zero-order valence-corrected chi connectivity index (χ0v) is 14.9. The van der Waals surface area contributed by atoms with Gasteiger partial charge in [-0.05, 0) is 44.3 Å². The summed E-state index contributed by atoms with van der Waals surface area (Å²) in [6.07, 6.45) is 1.02. The monoisotopic (exact) mass is 337 g/mol. The molecule has 5 nitrogen and oxygen atoms in total. The summed E-state index contributed by atoms with van der Waals surface area (Å²) >= 11 is 1.55. The van der Waals surface area contributed by atoms with Crippen molar-refractivity contribution in [3.63, 3.8) is 0 Å². The van der Waals surface area contributed by atoms with Gasteiger partial charge in [0.25, 0.3) is 0 Å². The lowest BCUT2D eigenvalue weighted by Crippen LogP contribution is -2.45. The lowest BCUT2D eigenvalue weighted by molar-refractivity contribution is -0.118. The molecule has 1 amide bonds. The van der Waals surface area contributed by atoms with Crippen molar-refractivity contribution in [3.05, 3.63) is 24.3 Å². The molecule has 0 saturated carbocycles. The maximum absolute atomic E-state index is 11.9. The van der Waals surface area contributed by atoms with Gasteiger partial charge in [0.05, 0.1) is 12.9 Å². The minimum atomic E-state index is 0.101. The lowest BCUT2D eigenvalue weighted by atomic mass is 10.3. The number of benzene rings is 1. The summed E-state index contributed by atoms with van der Waals surface area (Å²) in [4.78, 5) is 17.8.